The first kappa shape index (κ1) is 22.1. The summed E-state index contributed by atoms with van der Waals surface area (Å²) in [4.78, 5) is 18.5. The van der Waals surface area contributed by atoms with Gasteiger partial charge < -0.3 is 9.47 Å². The summed E-state index contributed by atoms with van der Waals surface area (Å²) in [6, 6.07) is 9.71. The van der Waals surface area contributed by atoms with Crippen molar-refractivity contribution in [2.45, 2.75) is 18.7 Å². The van der Waals surface area contributed by atoms with Crippen LogP contribution in [0.2, 0.25) is 0 Å². The van der Waals surface area contributed by atoms with E-state index in [4.69, 9.17) is 0 Å². The lowest BCUT2D eigenvalue weighted by Gasteiger charge is -2.34. The van der Waals surface area contributed by atoms with E-state index in [1.54, 1.807) is 17.2 Å². The quantitative estimate of drug-likeness (QED) is 0.600. The molecule has 1 amide bonds. The predicted molar refractivity (Wildman–Crippen MR) is 114 cm³/mol. The maximum Gasteiger partial charge on any atom is 0.255 e. The van der Waals surface area contributed by atoms with Crippen molar-refractivity contribution in [2.75, 3.05) is 26.2 Å². The van der Waals surface area contributed by atoms with Crippen molar-refractivity contribution in [2.24, 2.45) is 0 Å². The largest absolute Gasteiger partial charge is 0.336 e. The summed E-state index contributed by atoms with van der Waals surface area (Å²) >= 11 is 0. The van der Waals surface area contributed by atoms with Gasteiger partial charge in [0, 0.05) is 49.8 Å². The Kier molecular flexibility index (Phi) is 5.83. The third-order valence-electron chi connectivity index (χ3n) is 5.58. The lowest BCUT2D eigenvalue weighted by atomic mass is 10.2. The van der Waals surface area contributed by atoms with E-state index in [-0.39, 0.29) is 32.1 Å². The molecule has 3 heterocycles. The topological polar surface area (TPSA) is 75.5 Å². The first-order chi connectivity index (χ1) is 15.2. The average Bonchev–Trinajstić information content (AvgIpc) is 3.07. The number of aryl methyl sites for hydroxylation is 1. The molecule has 168 valence electrons. The van der Waals surface area contributed by atoms with Gasteiger partial charge in [0.2, 0.25) is 10.0 Å². The standard InChI is InChI=1S/C22H22F2N4O3S/c1-15-13-18(16(2)28(15)21-5-3-4-8-25-21)22(29)26-9-11-27(12-10-26)32(30,31)20-7-6-17(23)14-19(20)24/h3-8,13-14H,9-12H2,1-2H3. The first-order valence-corrected chi connectivity index (χ1v) is 11.5. The van der Waals surface area contributed by atoms with Crippen LogP contribution in [0.3, 0.4) is 0 Å². The van der Waals surface area contributed by atoms with Crippen LogP contribution in [0.25, 0.3) is 5.82 Å². The van der Waals surface area contributed by atoms with Crippen molar-refractivity contribution in [3.8, 4) is 5.82 Å². The Morgan fingerprint density at radius 2 is 1.72 bits per heavy atom. The second-order valence-electron chi connectivity index (χ2n) is 7.58. The summed E-state index contributed by atoms with van der Waals surface area (Å²) in [5.74, 6) is -1.48. The number of aromatic nitrogens is 2. The SMILES string of the molecule is Cc1cc(C(=O)N2CCN(S(=O)(=O)c3ccc(F)cc3F)CC2)c(C)n1-c1ccccn1. The van der Waals surface area contributed by atoms with Crippen molar-refractivity contribution in [1.82, 2.24) is 18.8 Å². The number of carbonyl (C=O) groups is 1. The van der Waals surface area contributed by atoms with Crippen molar-refractivity contribution < 1.29 is 22.0 Å². The van der Waals surface area contributed by atoms with Crippen LogP contribution in [0.15, 0.2) is 53.6 Å². The monoisotopic (exact) mass is 460 g/mol. The van der Waals surface area contributed by atoms with Crippen molar-refractivity contribution in [3.63, 3.8) is 0 Å². The molecule has 0 unspecified atom stereocenters. The van der Waals surface area contributed by atoms with Gasteiger partial charge in [-0.1, -0.05) is 6.07 Å². The zero-order valence-electron chi connectivity index (χ0n) is 17.6. The van der Waals surface area contributed by atoms with Crippen LogP contribution in [0.5, 0.6) is 0 Å². The molecule has 3 aromatic rings. The molecule has 2 aromatic heterocycles. The lowest BCUT2D eigenvalue weighted by molar-refractivity contribution is 0.0697. The van der Waals surface area contributed by atoms with E-state index in [0.29, 0.717) is 17.4 Å². The van der Waals surface area contributed by atoms with E-state index >= 15 is 0 Å². The summed E-state index contributed by atoms with van der Waals surface area (Å²) in [5.41, 5.74) is 2.13. The molecule has 32 heavy (non-hydrogen) atoms. The van der Waals surface area contributed by atoms with Crippen molar-refractivity contribution in [3.05, 3.63) is 77.2 Å². The minimum Gasteiger partial charge on any atom is -0.336 e. The van der Waals surface area contributed by atoms with Crippen LogP contribution in [0, 0.1) is 25.5 Å². The fraction of sp³-hybridized carbons (Fsp3) is 0.273. The van der Waals surface area contributed by atoms with Gasteiger partial charge in [-0.25, -0.2) is 22.2 Å². The predicted octanol–water partition coefficient (Wildman–Crippen LogP) is 2.91. The smallest absolute Gasteiger partial charge is 0.255 e. The number of hydrogen-bond donors (Lipinski definition) is 0. The maximum atomic E-state index is 14.0. The molecule has 4 rings (SSSR count). The molecule has 0 bridgehead atoms. The highest BCUT2D eigenvalue weighted by Gasteiger charge is 2.33. The summed E-state index contributed by atoms with van der Waals surface area (Å²) in [6.07, 6.45) is 1.68. The average molecular weight is 461 g/mol. The molecule has 0 N–H and O–H groups in total. The second-order valence-corrected chi connectivity index (χ2v) is 9.49. The Balaban J connectivity index is 1.51. The Hall–Kier alpha value is -3.11. The zero-order chi connectivity index (χ0) is 23.0. The molecule has 10 heteroatoms. The molecule has 1 aromatic carbocycles. The Morgan fingerprint density at radius 3 is 2.34 bits per heavy atom. The minimum absolute atomic E-state index is 0.0177. The number of halogens is 2. The van der Waals surface area contributed by atoms with Gasteiger partial charge in [-0.05, 0) is 44.2 Å². The third-order valence-corrected chi connectivity index (χ3v) is 7.51. The highest BCUT2D eigenvalue weighted by molar-refractivity contribution is 7.89. The Bertz CT molecular complexity index is 1270. The molecule has 0 spiro atoms. The highest BCUT2D eigenvalue weighted by Crippen LogP contribution is 2.24. The number of sulfonamides is 1. The van der Waals surface area contributed by atoms with Gasteiger partial charge in [0.15, 0.2) is 0 Å². The summed E-state index contributed by atoms with van der Waals surface area (Å²) < 4.78 is 55.7. The third kappa shape index (κ3) is 3.91. The molecule has 1 aliphatic rings. The Morgan fingerprint density at radius 1 is 1.00 bits per heavy atom. The molecule has 1 fully saturated rings. The molecule has 0 atom stereocenters. The van der Waals surface area contributed by atoms with Crippen LogP contribution >= 0.6 is 0 Å². The fourth-order valence-electron chi connectivity index (χ4n) is 3.94. The molecule has 0 aliphatic carbocycles. The number of nitrogens with zero attached hydrogens (tertiary/aromatic N) is 4. The summed E-state index contributed by atoms with van der Waals surface area (Å²) in [6.45, 7) is 4.09. The molecular weight excluding hydrogens is 438 g/mol. The van der Waals surface area contributed by atoms with Gasteiger partial charge in [-0.2, -0.15) is 4.31 Å². The van der Waals surface area contributed by atoms with Gasteiger partial charge in [0.1, 0.15) is 22.3 Å². The van der Waals surface area contributed by atoms with E-state index < -0.39 is 26.6 Å². The van der Waals surface area contributed by atoms with Crippen LogP contribution in [0.4, 0.5) is 8.78 Å². The Labute approximate surface area is 185 Å². The fourth-order valence-corrected chi connectivity index (χ4v) is 5.41. The van der Waals surface area contributed by atoms with E-state index in [0.717, 1.165) is 27.8 Å². The van der Waals surface area contributed by atoms with Crippen molar-refractivity contribution >= 4 is 15.9 Å². The highest BCUT2D eigenvalue weighted by atomic mass is 32.2. The minimum atomic E-state index is -4.13. The van der Waals surface area contributed by atoms with Crippen LogP contribution in [-0.4, -0.2) is 59.3 Å². The molecular formula is C22H22F2N4O3S. The van der Waals surface area contributed by atoms with Crippen LogP contribution < -0.4 is 0 Å². The number of pyridine rings is 1. The molecule has 1 saturated heterocycles. The van der Waals surface area contributed by atoms with Gasteiger partial charge in [-0.15, -0.1) is 0 Å². The van der Waals surface area contributed by atoms with E-state index in [2.05, 4.69) is 4.98 Å². The van der Waals surface area contributed by atoms with Gasteiger partial charge >= 0.3 is 0 Å². The number of amides is 1. The van der Waals surface area contributed by atoms with Crippen molar-refractivity contribution in [1.29, 1.82) is 0 Å². The molecule has 0 radical (unpaired) electrons. The second kappa shape index (κ2) is 8.44. The van der Waals surface area contributed by atoms with Crippen LogP contribution in [0.1, 0.15) is 21.7 Å². The number of hydrogen-bond acceptors (Lipinski definition) is 4. The van der Waals surface area contributed by atoms with E-state index in [1.165, 1.54) is 0 Å². The lowest BCUT2D eigenvalue weighted by Crippen LogP contribution is -2.50. The summed E-state index contributed by atoms with van der Waals surface area (Å²) in [5, 5.41) is 0. The van der Waals surface area contributed by atoms with Gasteiger partial charge in [0.05, 0.1) is 5.56 Å². The van der Waals surface area contributed by atoms with Gasteiger partial charge in [0.25, 0.3) is 5.91 Å². The van der Waals surface area contributed by atoms with E-state index in [9.17, 15) is 22.0 Å². The normalized spacial score (nSPS) is 15.2. The van der Waals surface area contributed by atoms with E-state index in [1.807, 2.05) is 36.6 Å². The zero-order valence-corrected chi connectivity index (χ0v) is 18.4. The molecule has 1 aliphatic heterocycles. The number of rotatable bonds is 4. The number of piperazine rings is 1. The number of benzene rings is 1. The van der Waals surface area contributed by atoms with Gasteiger partial charge in [-0.3, -0.25) is 4.79 Å². The number of carbonyl (C=O) groups excluding carboxylic acids is 1. The first-order valence-electron chi connectivity index (χ1n) is 10.0. The molecule has 0 saturated carbocycles. The summed E-state index contributed by atoms with van der Waals surface area (Å²) in [7, 11) is -4.13. The molecule has 7 nitrogen and oxygen atoms in total. The maximum absolute atomic E-state index is 14.0. The van der Waals surface area contributed by atoms with Crippen LogP contribution in [-0.2, 0) is 10.0 Å².